The van der Waals surface area contributed by atoms with E-state index in [9.17, 15) is 0 Å². The van der Waals surface area contributed by atoms with E-state index in [0.29, 0.717) is 17.3 Å². The molecular weight excluding hydrogens is 254 g/mol. The third-order valence-corrected chi connectivity index (χ3v) is 3.04. The van der Waals surface area contributed by atoms with Crippen LogP contribution in [0.1, 0.15) is 18.5 Å². The lowest BCUT2D eigenvalue weighted by Crippen LogP contribution is -2.08. The summed E-state index contributed by atoms with van der Waals surface area (Å²) in [6, 6.07) is 11.4. The van der Waals surface area contributed by atoms with Crippen LogP contribution in [0.15, 0.2) is 36.4 Å². The SMILES string of the molecule is COc1ccc(C(C)Nc2cccc(N)n2)cc1OC. The lowest BCUT2D eigenvalue weighted by atomic mass is 10.1. The van der Waals surface area contributed by atoms with Gasteiger partial charge in [-0.3, -0.25) is 0 Å². The van der Waals surface area contributed by atoms with Gasteiger partial charge in [-0.05, 0) is 36.8 Å². The molecule has 5 heteroatoms. The standard InChI is InChI=1S/C15H19N3O2/c1-10(17-15-6-4-5-14(16)18-15)11-7-8-12(19-2)13(9-11)20-3/h4-10H,1-3H3,(H3,16,17,18). The first kappa shape index (κ1) is 14.0. The van der Waals surface area contributed by atoms with Crippen molar-refractivity contribution >= 4 is 11.6 Å². The Hall–Kier alpha value is -2.43. The fourth-order valence-electron chi connectivity index (χ4n) is 1.96. The van der Waals surface area contributed by atoms with E-state index in [4.69, 9.17) is 15.2 Å². The van der Waals surface area contributed by atoms with Gasteiger partial charge < -0.3 is 20.5 Å². The number of hydrogen-bond donors (Lipinski definition) is 2. The Bertz CT molecular complexity index is 587. The van der Waals surface area contributed by atoms with Crippen LogP contribution in [0, 0.1) is 0 Å². The molecule has 0 amide bonds. The Morgan fingerprint density at radius 2 is 1.85 bits per heavy atom. The van der Waals surface area contributed by atoms with E-state index < -0.39 is 0 Å². The molecule has 0 bridgehead atoms. The van der Waals surface area contributed by atoms with Crippen molar-refractivity contribution in [3.05, 3.63) is 42.0 Å². The molecule has 1 unspecified atom stereocenters. The third kappa shape index (κ3) is 3.12. The number of nitrogens with one attached hydrogen (secondary N) is 1. The fourth-order valence-corrected chi connectivity index (χ4v) is 1.96. The lowest BCUT2D eigenvalue weighted by Gasteiger charge is -2.17. The second-order valence-corrected chi connectivity index (χ2v) is 4.43. The molecule has 2 aromatic rings. The first-order chi connectivity index (χ1) is 9.63. The zero-order valence-corrected chi connectivity index (χ0v) is 11.9. The quantitative estimate of drug-likeness (QED) is 0.876. The van der Waals surface area contributed by atoms with Crippen LogP contribution < -0.4 is 20.5 Å². The summed E-state index contributed by atoms with van der Waals surface area (Å²) in [6.45, 7) is 2.05. The summed E-state index contributed by atoms with van der Waals surface area (Å²) in [4.78, 5) is 4.23. The summed E-state index contributed by atoms with van der Waals surface area (Å²) in [5.74, 6) is 2.66. The Balaban J connectivity index is 2.18. The molecule has 20 heavy (non-hydrogen) atoms. The Morgan fingerprint density at radius 1 is 1.10 bits per heavy atom. The topological polar surface area (TPSA) is 69.4 Å². The van der Waals surface area contributed by atoms with Crippen LogP contribution in [-0.4, -0.2) is 19.2 Å². The number of nitrogens with zero attached hydrogens (tertiary/aromatic N) is 1. The number of anilines is 2. The van der Waals surface area contributed by atoms with Crippen LogP contribution in [-0.2, 0) is 0 Å². The molecule has 0 spiro atoms. The van der Waals surface area contributed by atoms with E-state index in [-0.39, 0.29) is 6.04 Å². The molecule has 2 rings (SSSR count). The van der Waals surface area contributed by atoms with Gasteiger partial charge in [0.25, 0.3) is 0 Å². The summed E-state index contributed by atoms with van der Waals surface area (Å²) in [5.41, 5.74) is 6.74. The molecule has 1 atom stereocenters. The van der Waals surface area contributed by atoms with E-state index in [1.165, 1.54) is 0 Å². The molecule has 5 nitrogen and oxygen atoms in total. The monoisotopic (exact) mass is 273 g/mol. The van der Waals surface area contributed by atoms with Gasteiger partial charge in [-0.1, -0.05) is 12.1 Å². The van der Waals surface area contributed by atoms with Gasteiger partial charge in [0.05, 0.1) is 20.3 Å². The number of rotatable bonds is 5. The molecule has 0 aliphatic carbocycles. The van der Waals surface area contributed by atoms with E-state index in [0.717, 1.165) is 11.4 Å². The number of hydrogen-bond acceptors (Lipinski definition) is 5. The maximum atomic E-state index is 5.67. The minimum Gasteiger partial charge on any atom is -0.493 e. The number of nitrogen functional groups attached to an aromatic ring is 1. The molecule has 3 N–H and O–H groups in total. The molecule has 0 radical (unpaired) electrons. The average Bonchev–Trinajstić information content (AvgIpc) is 2.46. The Labute approximate surface area is 118 Å². The van der Waals surface area contributed by atoms with Gasteiger partial charge in [-0.2, -0.15) is 0 Å². The van der Waals surface area contributed by atoms with Crippen molar-refractivity contribution in [3.63, 3.8) is 0 Å². The predicted octanol–water partition coefficient (Wildman–Crippen LogP) is 2.85. The average molecular weight is 273 g/mol. The Morgan fingerprint density at radius 3 is 2.50 bits per heavy atom. The molecule has 0 saturated heterocycles. The summed E-state index contributed by atoms with van der Waals surface area (Å²) in [5, 5.41) is 3.30. The highest BCUT2D eigenvalue weighted by Crippen LogP contribution is 2.30. The molecule has 0 saturated carbocycles. The van der Waals surface area contributed by atoms with Gasteiger partial charge in [0.1, 0.15) is 11.6 Å². The first-order valence-corrected chi connectivity index (χ1v) is 6.35. The van der Waals surface area contributed by atoms with Gasteiger partial charge >= 0.3 is 0 Å². The smallest absolute Gasteiger partial charge is 0.161 e. The Kier molecular flexibility index (Phi) is 4.30. The van der Waals surface area contributed by atoms with Crippen LogP contribution in [0.4, 0.5) is 11.6 Å². The fraction of sp³-hybridized carbons (Fsp3) is 0.267. The number of nitrogens with two attached hydrogens (primary N) is 1. The minimum atomic E-state index is 0.0732. The van der Waals surface area contributed by atoms with Crippen molar-refractivity contribution in [1.82, 2.24) is 4.98 Å². The van der Waals surface area contributed by atoms with Crippen LogP contribution >= 0.6 is 0 Å². The predicted molar refractivity (Wildman–Crippen MR) is 80.2 cm³/mol. The van der Waals surface area contributed by atoms with E-state index >= 15 is 0 Å². The maximum Gasteiger partial charge on any atom is 0.161 e. The zero-order valence-electron chi connectivity index (χ0n) is 11.9. The number of methoxy groups -OCH3 is 2. The maximum absolute atomic E-state index is 5.67. The van der Waals surface area contributed by atoms with Gasteiger partial charge in [-0.15, -0.1) is 0 Å². The molecule has 1 heterocycles. The molecule has 0 aliphatic heterocycles. The largest absolute Gasteiger partial charge is 0.493 e. The van der Waals surface area contributed by atoms with Crippen LogP contribution in [0.25, 0.3) is 0 Å². The zero-order chi connectivity index (χ0) is 14.5. The molecule has 106 valence electrons. The van der Waals surface area contributed by atoms with Crippen molar-refractivity contribution in [3.8, 4) is 11.5 Å². The highest BCUT2D eigenvalue weighted by molar-refractivity contribution is 5.47. The van der Waals surface area contributed by atoms with E-state index in [1.807, 2.05) is 37.3 Å². The van der Waals surface area contributed by atoms with Crippen molar-refractivity contribution in [1.29, 1.82) is 0 Å². The van der Waals surface area contributed by atoms with Crippen LogP contribution in [0.2, 0.25) is 0 Å². The van der Waals surface area contributed by atoms with Gasteiger partial charge in [0, 0.05) is 0 Å². The summed E-state index contributed by atoms with van der Waals surface area (Å²) < 4.78 is 10.5. The number of aromatic nitrogens is 1. The molecule has 1 aromatic carbocycles. The van der Waals surface area contributed by atoms with Crippen molar-refractivity contribution in [2.75, 3.05) is 25.3 Å². The normalized spacial score (nSPS) is 11.8. The van der Waals surface area contributed by atoms with Gasteiger partial charge in [-0.25, -0.2) is 4.98 Å². The lowest BCUT2D eigenvalue weighted by molar-refractivity contribution is 0.354. The number of ether oxygens (including phenoxy) is 2. The van der Waals surface area contributed by atoms with Crippen molar-refractivity contribution < 1.29 is 9.47 Å². The first-order valence-electron chi connectivity index (χ1n) is 6.35. The summed E-state index contributed by atoms with van der Waals surface area (Å²) >= 11 is 0. The van der Waals surface area contributed by atoms with E-state index in [1.54, 1.807) is 20.3 Å². The van der Waals surface area contributed by atoms with E-state index in [2.05, 4.69) is 10.3 Å². The minimum absolute atomic E-state index is 0.0732. The van der Waals surface area contributed by atoms with Crippen molar-refractivity contribution in [2.45, 2.75) is 13.0 Å². The molecular formula is C15H19N3O2. The second kappa shape index (κ2) is 6.14. The highest BCUT2D eigenvalue weighted by Gasteiger charge is 2.10. The van der Waals surface area contributed by atoms with Gasteiger partial charge in [0.2, 0.25) is 0 Å². The summed E-state index contributed by atoms with van der Waals surface area (Å²) in [6.07, 6.45) is 0. The van der Waals surface area contributed by atoms with Crippen LogP contribution in [0.3, 0.4) is 0 Å². The summed E-state index contributed by atoms with van der Waals surface area (Å²) in [7, 11) is 3.25. The number of benzene rings is 1. The highest BCUT2D eigenvalue weighted by atomic mass is 16.5. The third-order valence-electron chi connectivity index (χ3n) is 3.04. The van der Waals surface area contributed by atoms with Gasteiger partial charge in [0.15, 0.2) is 11.5 Å². The number of pyridine rings is 1. The molecule has 0 aliphatic rings. The molecule has 0 fully saturated rings. The van der Waals surface area contributed by atoms with Crippen molar-refractivity contribution in [2.24, 2.45) is 0 Å². The van der Waals surface area contributed by atoms with Crippen LogP contribution in [0.5, 0.6) is 11.5 Å². The molecule has 1 aromatic heterocycles. The second-order valence-electron chi connectivity index (χ2n) is 4.43.